The quantitative estimate of drug-likeness (QED) is 0.796. The summed E-state index contributed by atoms with van der Waals surface area (Å²) in [6.07, 6.45) is -4.18. The van der Waals surface area contributed by atoms with Crippen LogP contribution in [0.1, 0.15) is 18.5 Å². The molecular formula is C22H26F3N3O. The lowest BCUT2D eigenvalue weighted by Gasteiger charge is -2.34. The van der Waals surface area contributed by atoms with Crippen LogP contribution in [0.3, 0.4) is 0 Å². The van der Waals surface area contributed by atoms with Gasteiger partial charge in [0.15, 0.2) is 0 Å². The van der Waals surface area contributed by atoms with Crippen LogP contribution >= 0.6 is 0 Å². The van der Waals surface area contributed by atoms with E-state index in [-0.39, 0.29) is 18.5 Å². The Bertz CT molecular complexity index is 785. The Morgan fingerprint density at radius 3 is 2.07 bits per heavy atom. The second-order valence-corrected chi connectivity index (χ2v) is 7.44. The lowest BCUT2D eigenvalue weighted by atomic mass is 10.0. The fourth-order valence-corrected chi connectivity index (χ4v) is 3.53. The SMILES string of the molecule is CC(NC(=O)CN1CCN(CC(F)(F)F)CC1)c1ccc(-c2ccccc2)cc1. The Morgan fingerprint density at radius 2 is 1.48 bits per heavy atom. The van der Waals surface area contributed by atoms with E-state index in [9.17, 15) is 18.0 Å². The minimum atomic E-state index is -4.18. The summed E-state index contributed by atoms with van der Waals surface area (Å²) in [5, 5.41) is 2.98. The van der Waals surface area contributed by atoms with Gasteiger partial charge < -0.3 is 5.32 Å². The average molecular weight is 405 g/mol. The van der Waals surface area contributed by atoms with Gasteiger partial charge in [-0.2, -0.15) is 13.2 Å². The van der Waals surface area contributed by atoms with Crippen LogP contribution in [0.5, 0.6) is 0 Å². The van der Waals surface area contributed by atoms with Gasteiger partial charge in [-0.15, -0.1) is 0 Å². The Balaban J connectivity index is 1.46. The molecule has 29 heavy (non-hydrogen) atoms. The van der Waals surface area contributed by atoms with Gasteiger partial charge in [0.2, 0.25) is 5.91 Å². The maximum absolute atomic E-state index is 12.5. The highest BCUT2D eigenvalue weighted by molar-refractivity contribution is 5.78. The smallest absolute Gasteiger partial charge is 0.348 e. The van der Waals surface area contributed by atoms with Gasteiger partial charge in [0.1, 0.15) is 0 Å². The zero-order chi connectivity index (χ0) is 20.9. The normalized spacial score (nSPS) is 17.1. The van der Waals surface area contributed by atoms with E-state index in [1.165, 1.54) is 4.90 Å². The van der Waals surface area contributed by atoms with Gasteiger partial charge in [0.05, 0.1) is 19.1 Å². The van der Waals surface area contributed by atoms with E-state index in [0.717, 1.165) is 16.7 Å². The van der Waals surface area contributed by atoms with Crippen molar-refractivity contribution in [1.82, 2.24) is 15.1 Å². The van der Waals surface area contributed by atoms with Crippen molar-refractivity contribution < 1.29 is 18.0 Å². The number of benzene rings is 2. The number of nitrogens with zero attached hydrogens (tertiary/aromatic N) is 2. The van der Waals surface area contributed by atoms with Gasteiger partial charge in [0.25, 0.3) is 0 Å². The molecule has 1 atom stereocenters. The summed E-state index contributed by atoms with van der Waals surface area (Å²) in [4.78, 5) is 15.6. The minimum Gasteiger partial charge on any atom is -0.348 e. The monoisotopic (exact) mass is 405 g/mol. The van der Waals surface area contributed by atoms with Crippen molar-refractivity contribution in [1.29, 1.82) is 0 Å². The topological polar surface area (TPSA) is 35.6 Å². The molecule has 2 aromatic carbocycles. The largest absolute Gasteiger partial charge is 0.401 e. The molecule has 1 unspecified atom stereocenters. The number of rotatable bonds is 6. The number of amides is 1. The highest BCUT2D eigenvalue weighted by atomic mass is 19.4. The van der Waals surface area contributed by atoms with Crippen LogP contribution in [0, 0.1) is 0 Å². The second kappa shape index (κ2) is 9.41. The lowest BCUT2D eigenvalue weighted by Crippen LogP contribution is -2.51. The summed E-state index contributed by atoms with van der Waals surface area (Å²) in [5.74, 6) is -0.117. The summed E-state index contributed by atoms with van der Waals surface area (Å²) in [7, 11) is 0. The highest BCUT2D eigenvalue weighted by Crippen LogP contribution is 2.22. The molecule has 156 valence electrons. The van der Waals surface area contributed by atoms with E-state index in [1.54, 1.807) is 0 Å². The number of hydrogen-bond donors (Lipinski definition) is 1. The first kappa shape index (κ1) is 21.3. The van der Waals surface area contributed by atoms with E-state index in [4.69, 9.17) is 0 Å². The van der Waals surface area contributed by atoms with Crippen molar-refractivity contribution in [2.24, 2.45) is 0 Å². The van der Waals surface area contributed by atoms with Crippen LogP contribution < -0.4 is 5.32 Å². The Hall–Kier alpha value is -2.38. The zero-order valence-corrected chi connectivity index (χ0v) is 16.5. The molecule has 1 aliphatic heterocycles. The summed E-state index contributed by atoms with van der Waals surface area (Å²) in [5.41, 5.74) is 3.26. The van der Waals surface area contributed by atoms with Gasteiger partial charge in [-0.1, -0.05) is 54.6 Å². The third-order valence-corrected chi connectivity index (χ3v) is 5.13. The molecule has 3 rings (SSSR count). The second-order valence-electron chi connectivity index (χ2n) is 7.44. The number of carbonyl (C=O) groups is 1. The van der Waals surface area contributed by atoms with Gasteiger partial charge in [-0.25, -0.2) is 0 Å². The minimum absolute atomic E-state index is 0.117. The molecule has 0 radical (unpaired) electrons. The van der Waals surface area contributed by atoms with E-state index < -0.39 is 12.7 Å². The molecule has 1 aliphatic rings. The molecule has 0 aliphatic carbocycles. The van der Waals surface area contributed by atoms with Crippen LogP contribution in [0.4, 0.5) is 13.2 Å². The predicted octanol–water partition coefficient (Wildman–Crippen LogP) is 3.71. The molecule has 2 aromatic rings. The van der Waals surface area contributed by atoms with Crippen molar-refractivity contribution in [3.05, 3.63) is 60.2 Å². The number of carbonyl (C=O) groups excluding carboxylic acids is 1. The number of piperazine rings is 1. The van der Waals surface area contributed by atoms with Crippen LogP contribution in [0.2, 0.25) is 0 Å². The van der Waals surface area contributed by atoms with E-state index in [1.807, 2.05) is 54.3 Å². The molecule has 1 fully saturated rings. The van der Waals surface area contributed by atoms with Crippen LogP contribution in [-0.2, 0) is 4.79 Å². The van der Waals surface area contributed by atoms with Gasteiger partial charge in [0, 0.05) is 26.2 Å². The fraction of sp³-hybridized carbons (Fsp3) is 0.409. The van der Waals surface area contributed by atoms with Crippen LogP contribution in [0.25, 0.3) is 11.1 Å². The predicted molar refractivity (Wildman–Crippen MR) is 107 cm³/mol. The molecule has 0 spiro atoms. The fourth-order valence-electron chi connectivity index (χ4n) is 3.53. The van der Waals surface area contributed by atoms with Crippen molar-refractivity contribution in [3.63, 3.8) is 0 Å². The zero-order valence-electron chi connectivity index (χ0n) is 16.5. The maximum atomic E-state index is 12.5. The molecule has 1 amide bonds. The first-order valence-electron chi connectivity index (χ1n) is 9.76. The van der Waals surface area contributed by atoms with Crippen molar-refractivity contribution >= 4 is 5.91 Å². The Morgan fingerprint density at radius 1 is 0.931 bits per heavy atom. The van der Waals surface area contributed by atoms with E-state index in [2.05, 4.69) is 17.4 Å². The van der Waals surface area contributed by atoms with Crippen molar-refractivity contribution in [2.45, 2.75) is 19.1 Å². The number of hydrogen-bond acceptors (Lipinski definition) is 3. The summed E-state index contributed by atoms with van der Waals surface area (Å²) >= 11 is 0. The first-order valence-corrected chi connectivity index (χ1v) is 9.76. The summed E-state index contributed by atoms with van der Waals surface area (Å²) in [6.45, 7) is 2.81. The summed E-state index contributed by atoms with van der Waals surface area (Å²) < 4.78 is 37.4. The number of halogens is 3. The van der Waals surface area contributed by atoms with Crippen LogP contribution in [-0.4, -0.2) is 61.2 Å². The summed E-state index contributed by atoms with van der Waals surface area (Å²) in [6, 6.07) is 18.0. The van der Waals surface area contributed by atoms with Gasteiger partial charge in [-0.05, 0) is 23.6 Å². The molecular weight excluding hydrogens is 379 g/mol. The van der Waals surface area contributed by atoms with Gasteiger partial charge >= 0.3 is 6.18 Å². The third kappa shape index (κ3) is 6.58. The van der Waals surface area contributed by atoms with Crippen molar-refractivity contribution in [2.75, 3.05) is 39.3 Å². The molecule has 0 bridgehead atoms. The highest BCUT2D eigenvalue weighted by Gasteiger charge is 2.32. The van der Waals surface area contributed by atoms with E-state index >= 15 is 0 Å². The molecule has 7 heteroatoms. The molecule has 1 N–H and O–H groups in total. The Labute approximate surface area is 169 Å². The first-order chi connectivity index (χ1) is 13.8. The Kier molecular flexibility index (Phi) is 6.92. The molecule has 4 nitrogen and oxygen atoms in total. The number of nitrogens with one attached hydrogen (secondary N) is 1. The maximum Gasteiger partial charge on any atom is 0.401 e. The van der Waals surface area contributed by atoms with E-state index in [0.29, 0.717) is 26.2 Å². The van der Waals surface area contributed by atoms with Crippen molar-refractivity contribution in [3.8, 4) is 11.1 Å². The molecule has 1 saturated heterocycles. The third-order valence-electron chi connectivity index (χ3n) is 5.13. The van der Waals surface area contributed by atoms with Gasteiger partial charge in [-0.3, -0.25) is 14.6 Å². The molecule has 0 aromatic heterocycles. The standard InChI is InChI=1S/C22H26F3N3O/c1-17(18-7-9-20(10-8-18)19-5-3-2-4-6-19)26-21(29)15-27-11-13-28(14-12-27)16-22(23,24)25/h2-10,17H,11-16H2,1H3,(H,26,29). The number of alkyl halides is 3. The van der Waals surface area contributed by atoms with Crippen LogP contribution in [0.15, 0.2) is 54.6 Å². The average Bonchev–Trinajstić information content (AvgIpc) is 2.69. The lowest BCUT2D eigenvalue weighted by molar-refractivity contribution is -0.150. The molecule has 1 heterocycles. The molecule has 0 saturated carbocycles.